The van der Waals surface area contributed by atoms with Gasteiger partial charge in [0.05, 0.1) is 0 Å². The smallest absolute Gasteiger partial charge is 0.344 e. The van der Waals surface area contributed by atoms with Crippen molar-refractivity contribution < 1.29 is 19.1 Å². The molecule has 6 heteroatoms. The van der Waals surface area contributed by atoms with Crippen LogP contribution in [-0.4, -0.2) is 23.0 Å². The minimum atomic E-state index is -0.993. The van der Waals surface area contributed by atoms with Crippen molar-refractivity contribution in [3.05, 3.63) is 83.6 Å². The number of benzene rings is 2. The second kappa shape index (κ2) is 9.01. The fourth-order valence-corrected chi connectivity index (χ4v) is 2.61. The number of hydrogen-bond donors (Lipinski definition) is 1. The van der Waals surface area contributed by atoms with Gasteiger partial charge in [0, 0.05) is 11.9 Å². The van der Waals surface area contributed by atoms with E-state index in [0.717, 1.165) is 11.1 Å². The monoisotopic (exact) mass is 390 g/mol. The van der Waals surface area contributed by atoms with E-state index in [-0.39, 0.29) is 11.4 Å². The molecule has 1 amide bonds. The third kappa shape index (κ3) is 5.19. The van der Waals surface area contributed by atoms with Gasteiger partial charge in [-0.1, -0.05) is 30.3 Å². The number of para-hydroxylation sites is 1. The normalized spacial score (nSPS) is 11.4. The summed E-state index contributed by atoms with van der Waals surface area (Å²) in [6.45, 7) is 5.36. The number of pyridine rings is 1. The Labute approximate surface area is 169 Å². The van der Waals surface area contributed by atoms with Gasteiger partial charge in [0.25, 0.3) is 5.91 Å². The van der Waals surface area contributed by atoms with Gasteiger partial charge in [-0.15, -0.1) is 0 Å². The van der Waals surface area contributed by atoms with Gasteiger partial charge >= 0.3 is 5.97 Å². The molecular weight excluding hydrogens is 368 g/mol. The molecule has 1 atom stereocenters. The van der Waals surface area contributed by atoms with E-state index in [1.807, 2.05) is 50.2 Å². The van der Waals surface area contributed by atoms with Crippen molar-refractivity contribution in [1.29, 1.82) is 0 Å². The molecule has 6 nitrogen and oxygen atoms in total. The largest absolute Gasteiger partial charge is 0.449 e. The van der Waals surface area contributed by atoms with Crippen LogP contribution >= 0.6 is 0 Å². The summed E-state index contributed by atoms with van der Waals surface area (Å²) in [7, 11) is 0. The molecule has 2 aromatic carbocycles. The van der Waals surface area contributed by atoms with Crippen LogP contribution in [0.4, 0.5) is 5.69 Å². The summed E-state index contributed by atoms with van der Waals surface area (Å²) in [6, 6.07) is 17.9. The van der Waals surface area contributed by atoms with Crippen LogP contribution in [0.2, 0.25) is 0 Å². The molecule has 0 spiro atoms. The van der Waals surface area contributed by atoms with Crippen molar-refractivity contribution in [2.45, 2.75) is 26.9 Å². The number of nitrogens with zero attached hydrogens (tertiary/aromatic N) is 1. The van der Waals surface area contributed by atoms with Crippen molar-refractivity contribution in [2.75, 3.05) is 5.32 Å². The highest BCUT2D eigenvalue weighted by Crippen LogP contribution is 2.24. The molecule has 1 aromatic heterocycles. The van der Waals surface area contributed by atoms with E-state index < -0.39 is 18.0 Å². The lowest BCUT2D eigenvalue weighted by atomic mass is 10.1. The molecule has 0 saturated heterocycles. The zero-order valence-electron chi connectivity index (χ0n) is 16.5. The molecule has 1 heterocycles. The third-order valence-corrected chi connectivity index (χ3v) is 4.25. The number of esters is 1. The Morgan fingerprint density at radius 1 is 1.00 bits per heavy atom. The molecule has 29 heavy (non-hydrogen) atoms. The highest BCUT2D eigenvalue weighted by atomic mass is 16.6. The number of aromatic nitrogens is 1. The Bertz CT molecular complexity index is 1020. The molecule has 1 unspecified atom stereocenters. The highest BCUT2D eigenvalue weighted by Gasteiger charge is 2.22. The van der Waals surface area contributed by atoms with Crippen molar-refractivity contribution in [3.63, 3.8) is 0 Å². The molecule has 1 N–H and O–H groups in total. The lowest BCUT2D eigenvalue weighted by molar-refractivity contribution is -0.123. The molecular formula is C23H22N2O4. The number of anilines is 1. The van der Waals surface area contributed by atoms with E-state index in [2.05, 4.69) is 10.3 Å². The van der Waals surface area contributed by atoms with Crippen molar-refractivity contribution in [3.8, 4) is 11.6 Å². The Morgan fingerprint density at radius 2 is 1.76 bits per heavy atom. The van der Waals surface area contributed by atoms with Crippen LogP contribution in [0.5, 0.6) is 11.6 Å². The third-order valence-electron chi connectivity index (χ3n) is 4.25. The summed E-state index contributed by atoms with van der Waals surface area (Å²) in [5.74, 6) is -0.444. The standard InChI is InChI=1S/C23H22N2O4/c1-15-11-12-16(2)20(14-15)25-21(26)17(3)28-23(27)19-10-7-13-24-22(19)29-18-8-5-4-6-9-18/h4-14,17H,1-3H3,(H,25,26). The van der Waals surface area contributed by atoms with Gasteiger partial charge in [-0.2, -0.15) is 0 Å². The first-order valence-corrected chi connectivity index (χ1v) is 9.21. The second-order valence-corrected chi connectivity index (χ2v) is 6.63. The van der Waals surface area contributed by atoms with Crippen molar-refractivity contribution in [1.82, 2.24) is 4.98 Å². The minimum absolute atomic E-state index is 0.117. The van der Waals surface area contributed by atoms with Crippen molar-refractivity contribution in [2.24, 2.45) is 0 Å². The maximum absolute atomic E-state index is 12.6. The summed E-state index contributed by atoms with van der Waals surface area (Å²) in [6.07, 6.45) is 0.526. The van der Waals surface area contributed by atoms with Crippen LogP contribution in [0.25, 0.3) is 0 Å². The molecule has 0 aliphatic carbocycles. The maximum Gasteiger partial charge on any atom is 0.344 e. The topological polar surface area (TPSA) is 77.5 Å². The van der Waals surface area contributed by atoms with Gasteiger partial charge in [0.15, 0.2) is 6.10 Å². The Kier molecular flexibility index (Phi) is 6.24. The molecule has 0 aliphatic heterocycles. The zero-order valence-corrected chi connectivity index (χ0v) is 16.5. The van der Waals surface area contributed by atoms with Crippen LogP contribution in [0.1, 0.15) is 28.4 Å². The van der Waals surface area contributed by atoms with E-state index in [1.165, 1.54) is 13.1 Å². The molecule has 0 radical (unpaired) electrons. The van der Waals surface area contributed by atoms with Crippen LogP contribution in [0, 0.1) is 13.8 Å². The van der Waals surface area contributed by atoms with E-state index in [1.54, 1.807) is 24.3 Å². The van der Waals surface area contributed by atoms with Gasteiger partial charge in [-0.25, -0.2) is 9.78 Å². The van der Waals surface area contributed by atoms with Crippen molar-refractivity contribution >= 4 is 17.6 Å². The number of aryl methyl sites for hydroxylation is 2. The molecule has 3 aromatic rings. The summed E-state index contributed by atoms with van der Waals surface area (Å²) < 4.78 is 11.0. The SMILES string of the molecule is Cc1ccc(C)c(NC(=O)C(C)OC(=O)c2cccnc2Oc2ccccc2)c1. The maximum atomic E-state index is 12.6. The van der Waals surface area contributed by atoms with Gasteiger partial charge in [-0.3, -0.25) is 4.79 Å². The highest BCUT2D eigenvalue weighted by molar-refractivity contribution is 5.98. The summed E-state index contributed by atoms with van der Waals surface area (Å²) in [4.78, 5) is 29.2. The van der Waals surface area contributed by atoms with Crippen LogP contribution in [0.15, 0.2) is 66.9 Å². The van der Waals surface area contributed by atoms with Gasteiger partial charge in [-0.05, 0) is 62.2 Å². The summed E-state index contributed by atoms with van der Waals surface area (Å²) in [5, 5.41) is 2.80. The second-order valence-electron chi connectivity index (χ2n) is 6.63. The predicted molar refractivity (Wildman–Crippen MR) is 110 cm³/mol. The van der Waals surface area contributed by atoms with E-state index in [4.69, 9.17) is 9.47 Å². The minimum Gasteiger partial charge on any atom is -0.449 e. The molecule has 0 saturated carbocycles. The molecule has 0 bridgehead atoms. The Morgan fingerprint density at radius 3 is 2.52 bits per heavy atom. The fraction of sp³-hybridized carbons (Fsp3) is 0.174. The molecule has 0 aliphatic rings. The number of hydrogen-bond acceptors (Lipinski definition) is 5. The number of nitrogens with one attached hydrogen (secondary N) is 1. The predicted octanol–water partition coefficient (Wildman–Crippen LogP) is 4.67. The van der Waals surface area contributed by atoms with Gasteiger partial charge < -0.3 is 14.8 Å². The number of amides is 1. The van der Waals surface area contributed by atoms with Gasteiger partial charge in [0.1, 0.15) is 11.3 Å². The molecule has 148 valence electrons. The lowest BCUT2D eigenvalue weighted by Crippen LogP contribution is -2.30. The van der Waals surface area contributed by atoms with Crippen LogP contribution < -0.4 is 10.1 Å². The first kappa shape index (κ1) is 20.1. The number of ether oxygens (including phenoxy) is 2. The number of carbonyl (C=O) groups excluding carboxylic acids is 2. The van der Waals surface area contributed by atoms with E-state index >= 15 is 0 Å². The quantitative estimate of drug-likeness (QED) is 0.619. The van der Waals surface area contributed by atoms with Crippen LogP contribution in [-0.2, 0) is 9.53 Å². The first-order valence-electron chi connectivity index (χ1n) is 9.21. The average Bonchev–Trinajstić information content (AvgIpc) is 2.71. The van der Waals surface area contributed by atoms with E-state index in [9.17, 15) is 9.59 Å². The molecule has 0 fully saturated rings. The van der Waals surface area contributed by atoms with Crippen LogP contribution in [0.3, 0.4) is 0 Å². The number of carbonyl (C=O) groups is 2. The first-order chi connectivity index (χ1) is 13.9. The zero-order chi connectivity index (χ0) is 20.8. The Hall–Kier alpha value is -3.67. The average molecular weight is 390 g/mol. The lowest BCUT2D eigenvalue weighted by Gasteiger charge is -2.16. The summed E-state index contributed by atoms with van der Waals surface area (Å²) >= 11 is 0. The van der Waals surface area contributed by atoms with Gasteiger partial charge in [0.2, 0.25) is 5.88 Å². The Balaban J connectivity index is 1.69. The molecule has 3 rings (SSSR count). The van der Waals surface area contributed by atoms with E-state index in [0.29, 0.717) is 11.4 Å². The number of rotatable bonds is 6. The summed E-state index contributed by atoms with van der Waals surface area (Å²) in [5.41, 5.74) is 2.78. The fourth-order valence-electron chi connectivity index (χ4n) is 2.61.